The molecule has 0 spiro atoms. The van der Waals surface area contributed by atoms with Crippen molar-refractivity contribution in [1.29, 1.82) is 0 Å². The lowest BCUT2D eigenvalue weighted by Crippen LogP contribution is -2.49. The average Bonchev–Trinajstić information content (AvgIpc) is 2.64. The molecule has 1 aliphatic heterocycles. The molecule has 2 aromatic rings. The van der Waals surface area contributed by atoms with E-state index in [1.807, 2.05) is 6.92 Å². The quantitative estimate of drug-likeness (QED) is 0.752. The standard InChI is InChI=1S/C17H16BF3O2/c1-11-12(2)23-18(15-9-5-6-10-16(15)22-11)14-8-4-3-7-13(14)17(19,20)21/h3-12H,1-2H3/t11-,12-/m0/s1. The summed E-state index contributed by atoms with van der Waals surface area (Å²) in [6, 6.07) is 12.6. The largest absolute Gasteiger partial charge is 0.489 e. The Bertz CT molecular complexity index is 702. The van der Waals surface area contributed by atoms with Crippen LogP contribution in [0.15, 0.2) is 48.5 Å². The second kappa shape index (κ2) is 5.93. The normalized spacial score (nSPS) is 21.3. The molecular formula is C17H16BF3O2. The Morgan fingerprint density at radius 2 is 1.48 bits per heavy atom. The fourth-order valence-electron chi connectivity index (χ4n) is 2.72. The monoisotopic (exact) mass is 320 g/mol. The first kappa shape index (κ1) is 15.9. The molecule has 0 aromatic heterocycles. The number of hydrogen-bond acceptors (Lipinski definition) is 2. The first-order valence-electron chi connectivity index (χ1n) is 7.45. The van der Waals surface area contributed by atoms with E-state index in [0.29, 0.717) is 11.2 Å². The molecule has 2 aromatic carbocycles. The molecule has 2 nitrogen and oxygen atoms in total. The second-order valence-corrected chi connectivity index (χ2v) is 5.67. The summed E-state index contributed by atoms with van der Waals surface area (Å²) >= 11 is 0. The van der Waals surface area contributed by atoms with Crippen molar-refractivity contribution in [3.8, 4) is 5.75 Å². The minimum absolute atomic E-state index is 0.108. The zero-order valence-corrected chi connectivity index (χ0v) is 12.8. The van der Waals surface area contributed by atoms with Crippen LogP contribution in [0.3, 0.4) is 0 Å². The summed E-state index contributed by atoms with van der Waals surface area (Å²) in [4.78, 5) is 0. The molecule has 6 heteroatoms. The molecule has 0 radical (unpaired) electrons. The predicted molar refractivity (Wildman–Crippen MR) is 83.5 cm³/mol. The van der Waals surface area contributed by atoms with Gasteiger partial charge in [0, 0.05) is 0 Å². The van der Waals surface area contributed by atoms with Crippen LogP contribution in [0, 0.1) is 0 Å². The molecule has 0 amide bonds. The Morgan fingerprint density at radius 1 is 0.870 bits per heavy atom. The Kier molecular flexibility index (Phi) is 4.10. The Morgan fingerprint density at radius 3 is 2.17 bits per heavy atom. The zero-order valence-electron chi connectivity index (χ0n) is 12.8. The maximum absolute atomic E-state index is 13.4. The average molecular weight is 320 g/mol. The van der Waals surface area contributed by atoms with Gasteiger partial charge in [0.2, 0.25) is 0 Å². The van der Waals surface area contributed by atoms with Gasteiger partial charge in [0.15, 0.2) is 0 Å². The third-order valence-corrected chi connectivity index (χ3v) is 4.07. The van der Waals surface area contributed by atoms with Gasteiger partial charge in [-0.3, -0.25) is 0 Å². The van der Waals surface area contributed by atoms with Gasteiger partial charge in [0.1, 0.15) is 11.9 Å². The molecular weight excluding hydrogens is 304 g/mol. The van der Waals surface area contributed by atoms with Gasteiger partial charge in [0.05, 0.1) is 11.7 Å². The van der Waals surface area contributed by atoms with Crippen LogP contribution in [-0.2, 0) is 10.8 Å². The molecule has 1 aliphatic rings. The van der Waals surface area contributed by atoms with E-state index in [9.17, 15) is 13.2 Å². The first-order chi connectivity index (χ1) is 10.9. The zero-order chi connectivity index (χ0) is 16.6. The highest BCUT2D eigenvalue weighted by Crippen LogP contribution is 2.29. The molecule has 0 fully saturated rings. The van der Waals surface area contributed by atoms with E-state index in [1.54, 1.807) is 37.3 Å². The summed E-state index contributed by atoms with van der Waals surface area (Å²) in [6.45, 7) is 2.84. The molecule has 0 aliphatic carbocycles. The Labute approximate surface area is 133 Å². The maximum Gasteiger partial charge on any atom is 0.416 e. The van der Waals surface area contributed by atoms with E-state index in [4.69, 9.17) is 9.39 Å². The van der Waals surface area contributed by atoms with Crippen molar-refractivity contribution in [3.05, 3.63) is 54.1 Å². The van der Waals surface area contributed by atoms with Gasteiger partial charge in [-0.1, -0.05) is 42.5 Å². The van der Waals surface area contributed by atoms with Gasteiger partial charge in [-0.25, -0.2) is 0 Å². The number of halogens is 3. The van der Waals surface area contributed by atoms with Gasteiger partial charge < -0.3 is 9.39 Å². The molecule has 3 rings (SSSR count). The Balaban J connectivity index is 2.16. The van der Waals surface area contributed by atoms with E-state index in [-0.39, 0.29) is 17.7 Å². The van der Waals surface area contributed by atoms with Crippen molar-refractivity contribution >= 4 is 17.8 Å². The molecule has 0 N–H and O–H groups in total. The highest BCUT2D eigenvalue weighted by Gasteiger charge is 2.40. The third-order valence-electron chi connectivity index (χ3n) is 4.07. The lowest BCUT2D eigenvalue weighted by atomic mass is 9.53. The molecule has 0 bridgehead atoms. The van der Waals surface area contributed by atoms with E-state index in [0.717, 1.165) is 6.07 Å². The number of fused-ring (bicyclic) bond motifs is 1. The fraction of sp³-hybridized carbons (Fsp3) is 0.294. The predicted octanol–water partition coefficient (Wildman–Crippen LogP) is 3.00. The number of hydrogen-bond donors (Lipinski definition) is 0. The number of benzene rings is 2. The summed E-state index contributed by atoms with van der Waals surface area (Å²) in [5.41, 5.74) is 0.0407. The van der Waals surface area contributed by atoms with Crippen molar-refractivity contribution in [2.24, 2.45) is 0 Å². The Hall–Kier alpha value is -1.95. The number of para-hydroxylation sites is 1. The van der Waals surface area contributed by atoms with Gasteiger partial charge in [-0.2, -0.15) is 13.2 Å². The molecule has 120 valence electrons. The highest BCUT2D eigenvalue weighted by molar-refractivity contribution is 6.81. The van der Waals surface area contributed by atoms with E-state index < -0.39 is 18.7 Å². The first-order valence-corrected chi connectivity index (χ1v) is 7.45. The molecule has 2 atom stereocenters. The summed E-state index contributed by atoms with van der Waals surface area (Å²) in [5.74, 6) is 0.561. The number of alkyl halides is 3. The topological polar surface area (TPSA) is 18.5 Å². The maximum atomic E-state index is 13.4. The van der Waals surface area contributed by atoms with Gasteiger partial charge in [-0.05, 0) is 30.8 Å². The molecule has 0 saturated carbocycles. The van der Waals surface area contributed by atoms with Crippen LogP contribution >= 0.6 is 0 Å². The molecule has 0 unspecified atom stereocenters. The van der Waals surface area contributed by atoms with Crippen LogP contribution < -0.4 is 15.7 Å². The van der Waals surface area contributed by atoms with Crippen molar-refractivity contribution in [1.82, 2.24) is 0 Å². The lowest BCUT2D eigenvalue weighted by Gasteiger charge is -2.22. The smallest absolute Gasteiger partial charge is 0.416 e. The molecule has 23 heavy (non-hydrogen) atoms. The van der Waals surface area contributed by atoms with Gasteiger partial charge in [-0.15, -0.1) is 0 Å². The van der Waals surface area contributed by atoms with Crippen LogP contribution in [0.1, 0.15) is 19.4 Å². The van der Waals surface area contributed by atoms with E-state index in [2.05, 4.69) is 0 Å². The van der Waals surface area contributed by atoms with Crippen LogP contribution in [0.4, 0.5) is 13.2 Å². The fourth-order valence-corrected chi connectivity index (χ4v) is 2.72. The second-order valence-electron chi connectivity index (χ2n) is 5.67. The summed E-state index contributed by atoms with van der Waals surface area (Å²) in [7, 11) is 0. The highest BCUT2D eigenvalue weighted by atomic mass is 19.4. The van der Waals surface area contributed by atoms with Crippen LogP contribution in [-0.4, -0.2) is 19.1 Å². The van der Waals surface area contributed by atoms with Crippen LogP contribution in [0.5, 0.6) is 5.75 Å². The molecule has 1 heterocycles. The minimum atomic E-state index is -4.43. The number of ether oxygens (including phenoxy) is 1. The summed E-state index contributed by atoms with van der Waals surface area (Å²) in [5, 5.41) is 0. The van der Waals surface area contributed by atoms with Crippen LogP contribution in [0.2, 0.25) is 0 Å². The van der Waals surface area contributed by atoms with Crippen LogP contribution in [0.25, 0.3) is 0 Å². The van der Waals surface area contributed by atoms with Gasteiger partial charge >= 0.3 is 13.1 Å². The SMILES string of the molecule is C[C@@H]1OB(c2ccccc2C(F)(F)F)c2ccccc2O[C@H]1C. The van der Waals surface area contributed by atoms with Crippen molar-refractivity contribution in [3.63, 3.8) is 0 Å². The van der Waals surface area contributed by atoms with Crippen molar-refractivity contribution in [2.75, 3.05) is 0 Å². The lowest BCUT2D eigenvalue weighted by molar-refractivity contribution is -0.136. The minimum Gasteiger partial charge on any atom is -0.489 e. The summed E-state index contributed by atoms with van der Waals surface area (Å²) in [6.07, 6.45) is -5.02. The number of rotatable bonds is 1. The van der Waals surface area contributed by atoms with Gasteiger partial charge in [0.25, 0.3) is 0 Å². The summed E-state index contributed by atoms with van der Waals surface area (Å²) < 4.78 is 51.9. The molecule has 0 saturated heterocycles. The van der Waals surface area contributed by atoms with E-state index >= 15 is 0 Å². The van der Waals surface area contributed by atoms with E-state index in [1.165, 1.54) is 12.1 Å². The van der Waals surface area contributed by atoms with Crippen molar-refractivity contribution in [2.45, 2.75) is 32.2 Å². The van der Waals surface area contributed by atoms with Crippen molar-refractivity contribution < 1.29 is 22.6 Å². The third kappa shape index (κ3) is 3.08.